The molecule has 0 fully saturated rings. The Balaban J connectivity index is 1.41. The van der Waals surface area contributed by atoms with Crippen molar-refractivity contribution in [1.82, 2.24) is 10.3 Å². The highest BCUT2D eigenvalue weighted by molar-refractivity contribution is 5.79. The third-order valence-electron chi connectivity index (χ3n) is 4.95. The van der Waals surface area contributed by atoms with Gasteiger partial charge in [-0.05, 0) is 30.9 Å². The summed E-state index contributed by atoms with van der Waals surface area (Å²) in [7, 11) is 0. The maximum atomic E-state index is 12.3. The van der Waals surface area contributed by atoms with Gasteiger partial charge in [-0.25, -0.2) is 0 Å². The molecule has 4 nitrogen and oxygen atoms in total. The molecule has 2 atom stereocenters. The predicted octanol–water partition coefficient (Wildman–Crippen LogP) is 3.52. The van der Waals surface area contributed by atoms with Crippen molar-refractivity contribution < 1.29 is 9.53 Å². The number of allylic oxidation sites excluding steroid dienone is 2. The van der Waals surface area contributed by atoms with E-state index in [0.29, 0.717) is 6.54 Å². The Morgan fingerprint density at radius 2 is 2.20 bits per heavy atom. The molecule has 0 radical (unpaired) electrons. The largest absolute Gasteiger partial charge is 0.487 e. The molecule has 2 heterocycles. The maximum Gasteiger partial charge on any atom is 0.223 e. The standard InChI is InChI=1S/C21H22N2O2/c24-21(15-6-2-1-3-7-15)23-14-18-12-16-8-4-10-19(20(16)25-18)17-9-5-11-22-13-17/h1-2,4-5,8-11,13,15,18H,3,6-7,12,14H2,(H,23,24)/t15-,18+/m1/s1. The van der Waals surface area contributed by atoms with Gasteiger partial charge in [-0.2, -0.15) is 0 Å². The van der Waals surface area contributed by atoms with Crippen LogP contribution in [0.15, 0.2) is 54.9 Å². The number of carbonyl (C=O) groups excluding carboxylic acids is 1. The molecule has 2 aliphatic rings. The molecule has 2 aromatic rings. The summed E-state index contributed by atoms with van der Waals surface area (Å²) in [5.74, 6) is 1.19. The van der Waals surface area contributed by atoms with Crippen molar-refractivity contribution in [2.45, 2.75) is 31.8 Å². The van der Waals surface area contributed by atoms with E-state index in [9.17, 15) is 4.79 Å². The summed E-state index contributed by atoms with van der Waals surface area (Å²) in [5, 5.41) is 3.08. The molecule has 0 unspecified atom stereocenters. The number of fused-ring (bicyclic) bond motifs is 1. The maximum absolute atomic E-state index is 12.3. The number of rotatable bonds is 4. The number of hydrogen-bond acceptors (Lipinski definition) is 3. The molecule has 1 aromatic heterocycles. The van der Waals surface area contributed by atoms with Crippen LogP contribution in [0.5, 0.6) is 5.75 Å². The first-order valence-electron chi connectivity index (χ1n) is 8.93. The molecule has 25 heavy (non-hydrogen) atoms. The van der Waals surface area contributed by atoms with Crippen molar-refractivity contribution in [3.63, 3.8) is 0 Å². The minimum atomic E-state index is -0.00379. The third kappa shape index (κ3) is 3.43. The summed E-state index contributed by atoms with van der Waals surface area (Å²) < 4.78 is 6.17. The second-order valence-corrected chi connectivity index (χ2v) is 6.71. The second kappa shape index (κ2) is 7.09. The van der Waals surface area contributed by atoms with Crippen molar-refractivity contribution in [2.75, 3.05) is 6.54 Å². The van der Waals surface area contributed by atoms with Crippen LogP contribution in [-0.4, -0.2) is 23.5 Å². The van der Waals surface area contributed by atoms with Crippen molar-refractivity contribution in [1.29, 1.82) is 0 Å². The highest BCUT2D eigenvalue weighted by atomic mass is 16.5. The first-order valence-corrected chi connectivity index (χ1v) is 8.93. The lowest BCUT2D eigenvalue weighted by Gasteiger charge is -2.19. The van der Waals surface area contributed by atoms with E-state index in [0.717, 1.165) is 42.6 Å². The Kier molecular flexibility index (Phi) is 4.51. The van der Waals surface area contributed by atoms with Crippen LogP contribution >= 0.6 is 0 Å². The van der Waals surface area contributed by atoms with Gasteiger partial charge in [0, 0.05) is 35.9 Å². The Labute approximate surface area is 147 Å². The number of nitrogens with zero attached hydrogens (tertiary/aromatic N) is 1. The number of carbonyl (C=O) groups is 1. The number of benzene rings is 1. The van der Waals surface area contributed by atoms with Crippen LogP contribution < -0.4 is 10.1 Å². The quantitative estimate of drug-likeness (QED) is 0.870. The van der Waals surface area contributed by atoms with Gasteiger partial charge in [0.15, 0.2) is 0 Å². The molecular weight excluding hydrogens is 312 g/mol. The van der Waals surface area contributed by atoms with Crippen LogP contribution in [0.3, 0.4) is 0 Å². The zero-order valence-corrected chi connectivity index (χ0v) is 14.2. The van der Waals surface area contributed by atoms with Crippen LogP contribution in [-0.2, 0) is 11.2 Å². The van der Waals surface area contributed by atoms with E-state index in [-0.39, 0.29) is 17.9 Å². The SMILES string of the molecule is O=C(NC[C@@H]1Cc2cccc(-c3cccnc3)c2O1)[C@@H]1CC=CCC1. The van der Waals surface area contributed by atoms with Crippen molar-refractivity contribution >= 4 is 5.91 Å². The van der Waals surface area contributed by atoms with Gasteiger partial charge in [0.2, 0.25) is 5.91 Å². The van der Waals surface area contributed by atoms with Gasteiger partial charge in [-0.1, -0.05) is 36.4 Å². The molecule has 1 N–H and O–H groups in total. The Hall–Kier alpha value is -2.62. The van der Waals surface area contributed by atoms with E-state index < -0.39 is 0 Å². The normalized spacial score (nSPS) is 21.4. The Bertz CT molecular complexity index is 786. The summed E-state index contributed by atoms with van der Waals surface area (Å²) in [6, 6.07) is 10.2. The van der Waals surface area contributed by atoms with Gasteiger partial charge >= 0.3 is 0 Å². The van der Waals surface area contributed by atoms with Gasteiger partial charge in [0.25, 0.3) is 0 Å². The number of amides is 1. The molecule has 4 rings (SSSR count). The Morgan fingerprint density at radius 3 is 3.00 bits per heavy atom. The smallest absolute Gasteiger partial charge is 0.223 e. The van der Waals surface area contributed by atoms with E-state index in [1.807, 2.05) is 18.3 Å². The molecule has 128 valence electrons. The van der Waals surface area contributed by atoms with Gasteiger partial charge in [-0.3, -0.25) is 9.78 Å². The lowest BCUT2D eigenvalue weighted by molar-refractivity contribution is -0.125. The van der Waals surface area contributed by atoms with Crippen LogP contribution in [0, 0.1) is 5.92 Å². The molecule has 0 saturated heterocycles. The molecule has 0 spiro atoms. The fourth-order valence-electron chi connectivity index (χ4n) is 3.59. The molecule has 1 aromatic carbocycles. The Morgan fingerprint density at radius 1 is 1.24 bits per heavy atom. The summed E-state index contributed by atoms with van der Waals surface area (Å²) in [6.07, 6.45) is 11.5. The van der Waals surface area contributed by atoms with Gasteiger partial charge in [0.05, 0.1) is 6.54 Å². The monoisotopic (exact) mass is 334 g/mol. The molecule has 0 saturated carbocycles. The highest BCUT2D eigenvalue weighted by Crippen LogP contribution is 2.38. The van der Waals surface area contributed by atoms with Crippen LogP contribution in [0.25, 0.3) is 11.1 Å². The van der Waals surface area contributed by atoms with E-state index in [4.69, 9.17) is 4.74 Å². The number of hydrogen-bond donors (Lipinski definition) is 1. The summed E-state index contributed by atoms with van der Waals surface area (Å²) in [6.45, 7) is 0.556. The van der Waals surface area contributed by atoms with Crippen molar-refractivity contribution in [2.24, 2.45) is 5.92 Å². The first kappa shape index (κ1) is 15.9. The summed E-state index contributed by atoms with van der Waals surface area (Å²) >= 11 is 0. The lowest BCUT2D eigenvalue weighted by Crippen LogP contribution is -2.38. The minimum Gasteiger partial charge on any atom is -0.487 e. The molecule has 1 amide bonds. The lowest BCUT2D eigenvalue weighted by atomic mass is 9.93. The van der Waals surface area contributed by atoms with E-state index >= 15 is 0 Å². The number of nitrogens with one attached hydrogen (secondary N) is 1. The molecule has 0 bridgehead atoms. The van der Waals surface area contributed by atoms with Gasteiger partial charge < -0.3 is 10.1 Å². The van der Waals surface area contributed by atoms with E-state index in [2.05, 4.69) is 40.7 Å². The number of ether oxygens (including phenoxy) is 1. The molecule has 1 aliphatic carbocycles. The number of aromatic nitrogens is 1. The van der Waals surface area contributed by atoms with Gasteiger partial charge in [-0.15, -0.1) is 0 Å². The molecular formula is C21H22N2O2. The van der Waals surface area contributed by atoms with Crippen LogP contribution in [0.4, 0.5) is 0 Å². The third-order valence-corrected chi connectivity index (χ3v) is 4.95. The van der Waals surface area contributed by atoms with E-state index in [1.165, 1.54) is 5.56 Å². The average Bonchev–Trinajstić information content (AvgIpc) is 3.10. The summed E-state index contributed by atoms with van der Waals surface area (Å²) in [5.41, 5.74) is 3.32. The topological polar surface area (TPSA) is 51.2 Å². The zero-order chi connectivity index (χ0) is 17.1. The van der Waals surface area contributed by atoms with Crippen molar-refractivity contribution in [3.05, 3.63) is 60.4 Å². The molecule has 1 aliphatic heterocycles. The molecule has 4 heteroatoms. The first-order chi connectivity index (χ1) is 12.3. The minimum absolute atomic E-state index is 0.00379. The van der Waals surface area contributed by atoms with Crippen LogP contribution in [0.2, 0.25) is 0 Å². The van der Waals surface area contributed by atoms with E-state index in [1.54, 1.807) is 6.20 Å². The number of pyridine rings is 1. The van der Waals surface area contributed by atoms with Crippen molar-refractivity contribution in [3.8, 4) is 16.9 Å². The zero-order valence-electron chi connectivity index (χ0n) is 14.2. The predicted molar refractivity (Wildman–Crippen MR) is 97.3 cm³/mol. The fourth-order valence-corrected chi connectivity index (χ4v) is 3.59. The summed E-state index contributed by atoms with van der Waals surface area (Å²) in [4.78, 5) is 16.5. The van der Waals surface area contributed by atoms with Gasteiger partial charge in [0.1, 0.15) is 11.9 Å². The average molecular weight is 334 g/mol. The fraction of sp³-hybridized carbons (Fsp3) is 0.333. The van der Waals surface area contributed by atoms with Crippen LogP contribution in [0.1, 0.15) is 24.8 Å². The number of para-hydroxylation sites is 1. The highest BCUT2D eigenvalue weighted by Gasteiger charge is 2.27. The second-order valence-electron chi connectivity index (χ2n) is 6.71.